The van der Waals surface area contributed by atoms with Crippen molar-refractivity contribution in [2.24, 2.45) is 0 Å². The van der Waals surface area contributed by atoms with Crippen molar-refractivity contribution >= 4 is 32.4 Å². The van der Waals surface area contributed by atoms with Crippen LogP contribution in [-0.2, 0) is 13.2 Å². The Morgan fingerprint density at radius 2 is 1.67 bits per heavy atom. The quantitative estimate of drug-likeness (QED) is 0.318. The zero-order valence-electron chi connectivity index (χ0n) is 17.1. The van der Waals surface area contributed by atoms with Gasteiger partial charge in [0.15, 0.2) is 11.5 Å². The number of methoxy groups -OCH3 is 1. The van der Waals surface area contributed by atoms with E-state index in [2.05, 4.69) is 88.8 Å². The van der Waals surface area contributed by atoms with Gasteiger partial charge in [-0.05, 0) is 68.5 Å². The van der Waals surface area contributed by atoms with Crippen LogP contribution >= 0.6 is 15.9 Å². The SMILES string of the molecule is COc1cc(CNc2ccccc2C)cc(Br)c1OCc1cccc2ccccc12. The fourth-order valence-corrected chi connectivity index (χ4v) is 4.16. The molecule has 4 aromatic rings. The number of hydrogen-bond donors (Lipinski definition) is 1. The van der Waals surface area contributed by atoms with Crippen LogP contribution in [0.3, 0.4) is 0 Å². The topological polar surface area (TPSA) is 30.5 Å². The summed E-state index contributed by atoms with van der Waals surface area (Å²) in [7, 11) is 1.67. The lowest BCUT2D eigenvalue weighted by Crippen LogP contribution is -2.03. The predicted octanol–water partition coefficient (Wildman–Crippen LogP) is 7.11. The molecule has 4 rings (SSSR count). The Bertz CT molecular complexity index is 1170. The smallest absolute Gasteiger partial charge is 0.175 e. The van der Waals surface area contributed by atoms with Gasteiger partial charge in [0.2, 0.25) is 0 Å². The summed E-state index contributed by atoms with van der Waals surface area (Å²) in [6.07, 6.45) is 0. The van der Waals surface area contributed by atoms with Crippen molar-refractivity contribution < 1.29 is 9.47 Å². The van der Waals surface area contributed by atoms with Crippen LogP contribution in [-0.4, -0.2) is 7.11 Å². The molecule has 0 unspecified atom stereocenters. The van der Waals surface area contributed by atoms with Gasteiger partial charge in [-0.15, -0.1) is 0 Å². The van der Waals surface area contributed by atoms with E-state index in [0.717, 1.165) is 21.3 Å². The van der Waals surface area contributed by atoms with Crippen molar-refractivity contribution in [1.82, 2.24) is 0 Å². The molecule has 0 aromatic heterocycles. The molecule has 4 heteroatoms. The Hall–Kier alpha value is -2.98. The van der Waals surface area contributed by atoms with Gasteiger partial charge in [-0.1, -0.05) is 60.7 Å². The number of fused-ring (bicyclic) bond motifs is 1. The molecule has 0 radical (unpaired) electrons. The molecular weight excluding hydrogens is 438 g/mol. The third kappa shape index (κ3) is 4.44. The average molecular weight is 462 g/mol. The van der Waals surface area contributed by atoms with E-state index in [-0.39, 0.29) is 0 Å². The second kappa shape index (κ2) is 9.23. The molecule has 0 spiro atoms. The third-order valence-corrected chi connectivity index (χ3v) is 5.76. The number of nitrogens with one attached hydrogen (secondary N) is 1. The number of para-hydroxylation sites is 1. The molecule has 0 aliphatic rings. The number of aryl methyl sites for hydroxylation is 1. The average Bonchev–Trinajstić information content (AvgIpc) is 2.77. The molecule has 4 aromatic carbocycles. The van der Waals surface area contributed by atoms with E-state index in [4.69, 9.17) is 9.47 Å². The van der Waals surface area contributed by atoms with Gasteiger partial charge in [-0.2, -0.15) is 0 Å². The van der Waals surface area contributed by atoms with Gasteiger partial charge >= 0.3 is 0 Å². The molecule has 0 saturated carbocycles. The summed E-state index contributed by atoms with van der Waals surface area (Å²) in [5, 5.41) is 5.90. The first-order valence-electron chi connectivity index (χ1n) is 9.91. The fourth-order valence-electron chi connectivity index (χ4n) is 3.55. The number of benzene rings is 4. The van der Waals surface area contributed by atoms with E-state index in [1.165, 1.54) is 16.3 Å². The number of ether oxygens (including phenoxy) is 2. The lowest BCUT2D eigenvalue weighted by molar-refractivity contribution is 0.283. The van der Waals surface area contributed by atoms with Gasteiger partial charge < -0.3 is 14.8 Å². The maximum Gasteiger partial charge on any atom is 0.175 e. The molecule has 0 aliphatic carbocycles. The van der Waals surface area contributed by atoms with Crippen LogP contribution in [0.4, 0.5) is 5.69 Å². The molecule has 0 saturated heterocycles. The molecule has 0 atom stereocenters. The second-order valence-electron chi connectivity index (χ2n) is 7.20. The maximum atomic E-state index is 6.20. The lowest BCUT2D eigenvalue weighted by Gasteiger charge is -2.16. The minimum atomic E-state index is 0.469. The van der Waals surface area contributed by atoms with Crippen LogP contribution in [0.1, 0.15) is 16.7 Å². The molecule has 0 fully saturated rings. The molecule has 1 N–H and O–H groups in total. The standard InChI is InChI=1S/C26H24BrNO2/c1-18-8-3-6-13-24(18)28-16-19-14-23(27)26(25(15-19)29-2)30-17-21-11-7-10-20-9-4-5-12-22(20)21/h3-15,28H,16-17H2,1-2H3. The number of hydrogen-bond acceptors (Lipinski definition) is 3. The monoisotopic (exact) mass is 461 g/mol. The third-order valence-electron chi connectivity index (χ3n) is 5.17. The molecule has 3 nitrogen and oxygen atoms in total. The van der Waals surface area contributed by atoms with Crippen molar-refractivity contribution in [2.75, 3.05) is 12.4 Å². The van der Waals surface area contributed by atoms with Gasteiger partial charge in [-0.25, -0.2) is 0 Å². The van der Waals surface area contributed by atoms with Gasteiger partial charge in [0, 0.05) is 12.2 Å². The first-order chi connectivity index (χ1) is 14.7. The highest BCUT2D eigenvalue weighted by molar-refractivity contribution is 9.10. The highest BCUT2D eigenvalue weighted by Gasteiger charge is 2.13. The van der Waals surface area contributed by atoms with Crippen molar-refractivity contribution in [3.8, 4) is 11.5 Å². The minimum absolute atomic E-state index is 0.469. The van der Waals surface area contributed by atoms with Crippen LogP contribution in [0.2, 0.25) is 0 Å². The summed E-state index contributed by atoms with van der Waals surface area (Å²) in [4.78, 5) is 0. The van der Waals surface area contributed by atoms with Gasteiger partial charge in [0.05, 0.1) is 11.6 Å². The summed E-state index contributed by atoms with van der Waals surface area (Å²) < 4.78 is 12.7. The first kappa shape index (κ1) is 20.3. The maximum absolute atomic E-state index is 6.20. The van der Waals surface area contributed by atoms with Crippen LogP contribution < -0.4 is 14.8 Å². The Labute approximate surface area is 185 Å². The molecule has 0 bridgehead atoms. The first-order valence-corrected chi connectivity index (χ1v) is 10.7. The van der Waals surface area contributed by atoms with Crippen LogP contribution in [0, 0.1) is 6.92 Å². The summed E-state index contributed by atoms with van der Waals surface area (Å²) >= 11 is 3.67. The van der Waals surface area contributed by atoms with Crippen molar-refractivity contribution in [1.29, 1.82) is 0 Å². The Balaban J connectivity index is 1.53. The lowest BCUT2D eigenvalue weighted by atomic mass is 10.1. The largest absolute Gasteiger partial charge is 0.493 e. The van der Waals surface area contributed by atoms with Gasteiger partial charge in [-0.3, -0.25) is 0 Å². The second-order valence-corrected chi connectivity index (χ2v) is 8.06. The summed E-state index contributed by atoms with van der Waals surface area (Å²) in [5.74, 6) is 1.43. The van der Waals surface area contributed by atoms with Crippen molar-refractivity contribution in [2.45, 2.75) is 20.1 Å². The fraction of sp³-hybridized carbons (Fsp3) is 0.154. The zero-order valence-corrected chi connectivity index (χ0v) is 18.7. The predicted molar refractivity (Wildman–Crippen MR) is 127 cm³/mol. The number of halogens is 1. The highest BCUT2D eigenvalue weighted by Crippen LogP contribution is 2.37. The van der Waals surface area contributed by atoms with E-state index in [9.17, 15) is 0 Å². The zero-order chi connectivity index (χ0) is 20.9. The van der Waals surface area contributed by atoms with Crippen LogP contribution in [0.25, 0.3) is 10.8 Å². The van der Waals surface area contributed by atoms with E-state index in [1.54, 1.807) is 7.11 Å². The van der Waals surface area contributed by atoms with Crippen LogP contribution in [0.15, 0.2) is 83.3 Å². The van der Waals surface area contributed by atoms with Crippen molar-refractivity contribution in [3.05, 3.63) is 100 Å². The Kier molecular flexibility index (Phi) is 6.24. The Morgan fingerprint density at radius 1 is 0.900 bits per heavy atom. The normalized spacial score (nSPS) is 10.8. The van der Waals surface area contributed by atoms with E-state index in [1.807, 2.05) is 18.2 Å². The van der Waals surface area contributed by atoms with E-state index < -0.39 is 0 Å². The molecule has 0 amide bonds. The molecule has 30 heavy (non-hydrogen) atoms. The molecular formula is C26H24BrNO2. The number of rotatable bonds is 7. The molecule has 0 aliphatic heterocycles. The molecule has 152 valence electrons. The summed E-state index contributed by atoms with van der Waals surface area (Å²) in [5.41, 5.74) is 4.61. The van der Waals surface area contributed by atoms with Crippen molar-refractivity contribution in [3.63, 3.8) is 0 Å². The minimum Gasteiger partial charge on any atom is -0.493 e. The van der Waals surface area contributed by atoms with Gasteiger partial charge in [0.1, 0.15) is 6.61 Å². The van der Waals surface area contributed by atoms with Gasteiger partial charge in [0.25, 0.3) is 0 Å². The highest BCUT2D eigenvalue weighted by atomic mass is 79.9. The Morgan fingerprint density at radius 3 is 2.50 bits per heavy atom. The number of anilines is 1. The summed E-state index contributed by atoms with van der Waals surface area (Å²) in [6, 6.07) is 27.0. The van der Waals surface area contributed by atoms with E-state index >= 15 is 0 Å². The van der Waals surface area contributed by atoms with E-state index in [0.29, 0.717) is 24.7 Å². The van der Waals surface area contributed by atoms with Crippen LogP contribution in [0.5, 0.6) is 11.5 Å². The molecule has 0 heterocycles. The summed E-state index contributed by atoms with van der Waals surface area (Å²) in [6.45, 7) is 3.27.